The van der Waals surface area contributed by atoms with Crippen LogP contribution in [0.15, 0.2) is 54.6 Å². The van der Waals surface area contributed by atoms with Gasteiger partial charge in [0.05, 0.1) is 12.2 Å². The fraction of sp³-hybridized carbons (Fsp3) is 0.350. The molecule has 0 radical (unpaired) electrons. The Bertz CT molecular complexity index is 596. The largest absolute Gasteiger partial charge is 0.493 e. The van der Waals surface area contributed by atoms with E-state index in [9.17, 15) is 4.79 Å². The van der Waals surface area contributed by atoms with Gasteiger partial charge in [0.1, 0.15) is 5.75 Å². The lowest BCUT2D eigenvalue weighted by Crippen LogP contribution is -2.18. The average Bonchev–Trinajstić information content (AvgIpc) is 2.61. The first-order chi connectivity index (χ1) is 11.3. The van der Waals surface area contributed by atoms with Gasteiger partial charge in [-0.05, 0) is 38.1 Å². The second-order valence-corrected chi connectivity index (χ2v) is 5.50. The van der Waals surface area contributed by atoms with E-state index in [1.807, 2.05) is 54.6 Å². The Balaban J connectivity index is 1.89. The molecule has 0 aromatic heterocycles. The van der Waals surface area contributed by atoms with Crippen molar-refractivity contribution >= 4 is 5.78 Å². The lowest BCUT2D eigenvalue weighted by Gasteiger charge is -2.11. The number of benzene rings is 2. The van der Waals surface area contributed by atoms with Crippen LogP contribution in [0.25, 0.3) is 0 Å². The zero-order chi connectivity index (χ0) is 16.3. The van der Waals surface area contributed by atoms with Gasteiger partial charge in [0.25, 0.3) is 0 Å². The first kappa shape index (κ1) is 17.2. The number of carbonyl (C=O) groups excluding carboxylic acids is 1. The third-order valence-corrected chi connectivity index (χ3v) is 3.63. The fourth-order valence-electron chi connectivity index (χ4n) is 2.33. The maximum Gasteiger partial charge on any atom is 0.196 e. The van der Waals surface area contributed by atoms with Crippen molar-refractivity contribution in [1.82, 2.24) is 5.32 Å². The Morgan fingerprint density at radius 2 is 1.65 bits per heavy atom. The van der Waals surface area contributed by atoms with Crippen LogP contribution in [0.2, 0.25) is 0 Å². The molecule has 3 nitrogen and oxygen atoms in total. The summed E-state index contributed by atoms with van der Waals surface area (Å²) in [5.74, 6) is 0.664. The van der Waals surface area contributed by atoms with Crippen LogP contribution < -0.4 is 10.1 Å². The Morgan fingerprint density at radius 3 is 2.43 bits per heavy atom. The van der Waals surface area contributed by atoms with E-state index < -0.39 is 0 Å². The molecule has 3 heteroatoms. The number of nitrogens with one attached hydrogen (secondary N) is 1. The molecule has 0 amide bonds. The summed E-state index contributed by atoms with van der Waals surface area (Å²) >= 11 is 0. The Morgan fingerprint density at radius 1 is 0.957 bits per heavy atom. The van der Waals surface area contributed by atoms with Crippen LogP contribution >= 0.6 is 0 Å². The molecule has 0 aliphatic rings. The monoisotopic (exact) mass is 311 g/mol. The predicted molar refractivity (Wildman–Crippen MR) is 94.2 cm³/mol. The zero-order valence-corrected chi connectivity index (χ0v) is 13.8. The second-order valence-electron chi connectivity index (χ2n) is 5.50. The lowest BCUT2D eigenvalue weighted by molar-refractivity contribution is 0.103. The summed E-state index contributed by atoms with van der Waals surface area (Å²) in [4.78, 5) is 12.6. The zero-order valence-electron chi connectivity index (χ0n) is 13.8. The minimum atomic E-state index is 0.00210. The van der Waals surface area contributed by atoms with E-state index in [1.54, 1.807) is 0 Å². The van der Waals surface area contributed by atoms with Gasteiger partial charge in [-0.1, -0.05) is 55.8 Å². The molecule has 0 spiro atoms. The highest BCUT2D eigenvalue weighted by Crippen LogP contribution is 2.21. The summed E-state index contributed by atoms with van der Waals surface area (Å²) in [6, 6.07) is 16.8. The molecule has 0 saturated heterocycles. The van der Waals surface area contributed by atoms with E-state index in [4.69, 9.17) is 4.74 Å². The van der Waals surface area contributed by atoms with E-state index in [0.717, 1.165) is 19.5 Å². The highest BCUT2D eigenvalue weighted by Gasteiger charge is 2.13. The standard InChI is InChI=1S/C20H25NO2/c1-2-3-14-21-15-9-16-23-19-13-8-7-12-18(19)20(22)17-10-5-4-6-11-17/h4-8,10-13,21H,2-3,9,14-16H2,1H3. The quantitative estimate of drug-likeness (QED) is 0.531. The molecule has 0 fully saturated rings. The van der Waals surface area contributed by atoms with Crippen molar-refractivity contribution in [3.05, 3.63) is 65.7 Å². The SMILES string of the molecule is CCCCNCCCOc1ccccc1C(=O)c1ccccc1. The molecule has 0 aliphatic carbocycles. The maximum absolute atomic E-state index is 12.6. The average molecular weight is 311 g/mol. The van der Waals surface area contributed by atoms with Gasteiger partial charge in [-0.3, -0.25) is 4.79 Å². The number of carbonyl (C=O) groups is 1. The summed E-state index contributed by atoms with van der Waals surface area (Å²) in [6.45, 7) is 4.79. The molecular formula is C20H25NO2. The van der Waals surface area contributed by atoms with Crippen molar-refractivity contribution in [2.75, 3.05) is 19.7 Å². The van der Waals surface area contributed by atoms with Gasteiger partial charge in [-0.2, -0.15) is 0 Å². The first-order valence-corrected chi connectivity index (χ1v) is 8.35. The Kier molecular flexibility index (Phi) is 7.34. The van der Waals surface area contributed by atoms with Crippen LogP contribution in [0.1, 0.15) is 42.1 Å². The second kappa shape index (κ2) is 9.80. The molecule has 0 unspecified atom stereocenters. The molecule has 0 aliphatic heterocycles. The molecule has 23 heavy (non-hydrogen) atoms. The van der Waals surface area contributed by atoms with Crippen LogP contribution in [0.4, 0.5) is 0 Å². The molecule has 1 N–H and O–H groups in total. The maximum atomic E-state index is 12.6. The van der Waals surface area contributed by atoms with Crippen LogP contribution in [0.3, 0.4) is 0 Å². The molecule has 2 rings (SSSR count). The van der Waals surface area contributed by atoms with Crippen LogP contribution in [-0.4, -0.2) is 25.5 Å². The summed E-state index contributed by atoms with van der Waals surface area (Å²) in [6.07, 6.45) is 3.34. The number of ether oxygens (including phenoxy) is 1. The third-order valence-electron chi connectivity index (χ3n) is 3.63. The van der Waals surface area contributed by atoms with E-state index in [1.165, 1.54) is 12.8 Å². The van der Waals surface area contributed by atoms with Crippen molar-refractivity contribution in [2.24, 2.45) is 0 Å². The van der Waals surface area contributed by atoms with Crippen LogP contribution in [0, 0.1) is 0 Å². The smallest absolute Gasteiger partial charge is 0.196 e. The van der Waals surface area contributed by atoms with E-state index in [0.29, 0.717) is 23.5 Å². The fourth-order valence-corrected chi connectivity index (χ4v) is 2.33. The van der Waals surface area contributed by atoms with Gasteiger partial charge in [-0.25, -0.2) is 0 Å². The molecule has 0 bridgehead atoms. The number of rotatable bonds is 10. The van der Waals surface area contributed by atoms with Gasteiger partial charge in [0, 0.05) is 5.56 Å². The lowest BCUT2D eigenvalue weighted by atomic mass is 10.0. The molecule has 2 aromatic carbocycles. The summed E-state index contributed by atoms with van der Waals surface area (Å²) in [5, 5.41) is 3.39. The highest BCUT2D eigenvalue weighted by atomic mass is 16.5. The number of hydrogen-bond donors (Lipinski definition) is 1. The molecular weight excluding hydrogens is 286 g/mol. The van der Waals surface area contributed by atoms with Crippen molar-refractivity contribution in [3.8, 4) is 5.75 Å². The minimum Gasteiger partial charge on any atom is -0.493 e. The van der Waals surface area contributed by atoms with E-state index in [2.05, 4.69) is 12.2 Å². The molecule has 0 saturated carbocycles. The van der Waals surface area contributed by atoms with Crippen LogP contribution in [-0.2, 0) is 0 Å². The van der Waals surface area contributed by atoms with Gasteiger partial charge < -0.3 is 10.1 Å². The Labute approximate surface area is 138 Å². The van der Waals surface area contributed by atoms with Crippen molar-refractivity contribution in [3.63, 3.8) is 0 Å². The summed E-state index contributed by atoms with van der Waals surface area (Å²) in [5.41, 5.74) is 1.31. The third kappa shape index (κ3) is 5.53. The van der Waals surface area contributed by atoms with Gasteiger partial charge in [0.2, 0.25) is 0 Å². The van der Waals surface area contributed by atoms with Crippen molar-refractivity contribution in [2.45, 2.75) is 26.2 Å². The van der Waals surface area contributed by atoms with Gasteiger partial charge in [-0.15, -0.1) is 0 Å². The minimum absolute atomic E-state index is 0.00210. The molecule has 0 atom stereocenters. The normalized spacial score (nSPS) is 10.5. The van der Waals surface area contributed by atoms with Crippen molar-refractivity contribution in [1.29, 1.82) is 0 Å². The number of para-hydroxylation sites is 1. The van der Waals surface area contributed by atoms with E-state index in [-0.39, 0.29) is 5.78 Å². The first-order valence-electron chi connectivity index (χ1n) is 8.35. The number of ketones is 1. The number of unbranched alkanes of at least 4 members (excludes halogenated alkanes) is 1. The Hall–Kier alpha value is -2.13. The summed E-state index contributed by atoms with van der Waals surface area (Å²) < 4.78 is 5.83. The van der Waals surface area contributed by atoms with Gasteiger partial charge >= 0.3 is 0 Å². The van der Waals surface area contributed by atoms with Gasteiger partial charge in [0.15, 0.2) is 5.78 Å². The molecule has 122 valence electrons. The molecule has 0 heterocycles. The van der Waals surface area contributed by atoms with Crippen molar-refractivity contribution < 1.29 is 9.53 Å². The van der Waals surface area contributed by atoms with Crippen LogP contribution in [0.5, 0.6) is 5.75 Å². The molecule has 2 aromatic rings. The topological polar surface area (TPSA) is 38.3 Å². The highest BCUT2D eigenvalue weighted by molar-refractivity contribution is 6.10. The number of hydrogen-bond acceptors (Lipinski definition) is 3. The predicted octanol–water partition coefficient (Wildman–Crippen LogP) is 4.08. The van der Waals surface area contributed by atoms with E-state index >= 15 is 0 Å². The summed E-state index contributed by atoms with van der Waals surface area (Å²) in [7, 11) is 0.